The van der Waals surface area contributed by atoms with Gasteiger partial charge in [-0.15, -0.1) is 0 Å². The van der Waals surface area contributed by atoms with Gasteiger partial charge in [-0.3, -0.25) is 39.1 Å². The summed E-state index contributed by atoms with van der Waals surface area (Å²) < 4.78 is 0. The lowest BCUT2D eigenvalue weighted by molar-refractivity contribution is -0.136. The van der Waals surface area contributed by atoms with E-state index in [2.05, 4.69) is 43.2 Å². The van der Waals surface area contributed by atoms with Crippen molar-refractivity contribution >= 4 is 47.1 Å². The number of carbonyl (C=O) groups excluding carboxylic acids is 6. The zero-order chi connectivity index (χ0) is 40.9. The summed E-state index contributed by atoms with van der Waals surface area (Å²) >= 11 is 0. The first-order valence-electron chi connectivity index (χ1n) is 20.9. The summed E-state index contributed by atoms with van der Waals surface area (Å²) in [5.74, 6) is -1.35. The van der Waals surface area contributed by atoms with E-state index in [4.69, 9.17) is 10.7 Å². The zero-order valence-electron chi connectivity index (χ0n) is 33.4. The number of piperidine rings is 3. The number of amides is 7. The number of likely N-dealkylation sites (N-methyl/N-ethyl adjacent to an activating group) is 1. The number of hydrogen-bond acceptors (Lipinski definition) is 11. The maximum absolute atomic E-state index is 13.4. The molecular weight excluding hydrogens is 753 g/mol. The largest absolute Gasteiger partial charge is 0.371 e. The number of nitrogens with one attached hydrogen (secondary N) is 1. The molecule has 4 fully saturated rings. The second-order valence-corrected chi connectivity index (χ2v) is 16.9. The van der Waals surface area contributed by atoms with Crippen molar-refractivity contribution in [2.45, 2.75) is 70.0 Å². The van der Waals surface area contributed by atoms with E-state index in [0.29, 0.717) is 41.5 Å². The van der Waals surface area contributed by atoms with E-state index in [1.54, 1.807) is 23.2 Å². The topological polar surface area (TPSA) is 186 Å². The van der Waals surface area contributed by atoms with Gasteiger partial charge in [0.15, 0.2) is 0 Å². The van der Waals surface area contributed by atoms with Crippen molar-refractivity contribution in [3.8, 4) is 0 Å². The molecule has 9 rings (SSSR count). The van der Waals surface area contributed by atoms with Gasteiger partial charge in [0.1, 0.15) is 17.6 Å². The number of nitrogens with two attached hydrogens (primary N) is 1. The fraction of sp³-hybridized carbons (Fsp3) is 0.488. The Morgan fingerprint density at radius 2 is 1.66 bits per heavy atom. The molecule has 2 aromatic carbocycles. The molecular formula is C43H50N10O6. The molecule has 3 aromatic rings. The fourth-order valence-corrected chi connectivity index (χ4v) is 9.84. The van der Waals surface area contributed by atoms with Crippen LogP contribution in [0.5, 0.6) is 0 Å². The molecule has 1 unspecified atom stereocenters. The van der Waals surface area contributed by atoms with Crippen LogP contribution in [0.25, 0.3) is 0 Å². The Balaban J connectivity index is 0.798. The number of anilines is 2. The maximum atomic E-state index is 13.4. The summed E-state index contributed by atoms with van der Waals surface area (Å²) in [4.78, 5) is 97.0. The predicted molar refractivity (Wildman–Crippen MR) is 217 cm³/mol. The highest BCUT2D eigenvalue weighted by molar-refractivity contribution is 6.23. The molecule has 16 nitrogen and oxygen atoms in total. The molecule has 6 aliphatic rings. The molecule has 16 heteroatoms. The molecule has 7 amide bonds. The summed E-state index contributed by atoms with van der Waals surface area (Å²) in [6, 6.07) is 11.1. The number of imide groups is 2. The lowest BCUT2D eigenvalue weighted by atomic mass is 9.92. The minimum atomic E-state index is -0.978. The first-order chi connectivity index (χ1) is 28.5. The third-order valence-corrected chi connectivity index (χ3v) is 13.1. The Labute approximate surface area is 342 Å². The number of rotatable bonds is 9. The molecule has 4 saturated heterocycles. The molecule has 0 spiro atoms. The summed E-state index contributed by atoms with van der Waals surface area (Å²) in [6.45, 7) is 7.43. The van der Waals surface area contributed by atoms with E-state index in [-0.39, 0.29) is 30.6 Å². The van der Waals surface area contributed by atoms with E-state index < -0.39 is 35.6 Å². The highest BCUT2D eigenvalue weighted by Gasteiger charge is 2.45. The number of benzene rings is 2. The van der Waals surface area contributed by atoms with E-state index in [0.717, 1.165) is 101 Å². The van der Waals surface area contributed by atoms with Gasteiger partial charge in [-0.05, 0) is 79.3 Å². The van der Waals surface area contributed by atoms with Gasteiger partial charge in [0.25, 0.3) is 17.7 Å². The molecule has 0 bridgehead atoms. The second kappa shape index (κ2) is 15.7. The van der Waals surface area contributed by atoms with Gasteiger partial charge in [0.05, 0.1) is 29.1 Å². The van der Waals surface area contributed by atoms with Crippen LogP contribution in [0, 0.1) is 5.92 Å². The van der Waals surface area contributed by atoms with Crippen molar-refractivity contribution in [1.82, 2.24) is 34.9 Å². The summed E-state index contributed by atoms with van der Waals surface area (Å²) in [5, 5.41) is 2.25. The molecule has 3 N–H and O–H groups in total. The van der Waals surface area contributed by atoms with Crippen LogP contribution < -0.4 is 20.9 Å². The minimum absolute atomic E-state index is 0.0708. The molecule has 2 atom stereocenters. The van der Waals surface area contributed by atoms with Crippen molar-refractivity contribution in [2.75, 3.05) is 69.2 Å². The third-order valence-electron chi connectivity index (χ3n) is 13.1. The van der Waals surface area contributed by atoms with E-state index in [9.17, 15) is 28.8 Å². The van der Waals surface area contributed by atoms with Crippen molar-refractivity contribution < 1.29 is 28.8 Å². The van der Waals surface area contributed by atoms with Gasteiger partial charge in [-0.25, -0.2) is 14.8 Å². The maximum Gasteiger partial charge on any atom is 0.320 e. The minimum Gasteiger partial charge on any atom is -0.371 e. The highest BCUT2D eigenvalue weighted by atomic mass is 16.2. The molecule has 0 radical (unpaired) electrons. The number of aromatic nitrogens is 2. The first-order valence-corrected chi connectivity index (χ1v) is 20.9. The molecule has 0 aliphatic carbocycles. The standard InChI is InChI=1S/C43H50N10O6/c1-48-17-18-52(43(48)59)31-3-2-13-51(25-31)36-22-45-38(39(44)55)34(46-36)20-27-4-5-29-24-49(14-12-28(29)19-27)23-26-10-15-50(16-11-26)30-6-7-32-33(21-30)42(58)53(41(32)57)35-8-9-37(54)47-40(35)56/h4-7,19,21-22,26,31,35H,2-3,8-18,20,23-25H2,1H3,(H2,44,55)(H,47,54,56)/t31-,35?/m1/s1. The van der Waals surface area contributed by atoms with E-state index in [1.165, 1.54) is 11.1 Å². The Morgan fingerprint density at radius 1 is 0.847 bits per heavy atom. The van der Waals surface area contributed by atoms with Gasteiger partial charge in [0.2, 0.25) is 11.8 Å². The van der Waals surface area contributed by atoms with E-state index in [1.807, 2.05) is 18.0 Å². The van der Waals surface area contributed by atoms with Crippen LogP contribution in [0.4, 0.5) is 16.3 Å². The fourth-order valence-electron chi connectivity index (χ4n) is 9.84. The van der Waals surface area contributed by atoms with Crippen molar-refractivity contribution in [3.63, 3.8) is 0 Å². The number of nitrogens with zero attached hydrogens (tertiary/aromatic N) is 8. The van der Waals surface area contributed by atoms with Gasteiger partial charge < -0.3 is 25.3 Å². The van der Waals surface area contributed by atoms with Crippen molar-refractivity contribution in [3.05, 3.63) is 81.8 Å². The molecule has 7 heterocycles. The predicted octanol–water partition coefficient (Wildman–Crippen LogP) is 2.18. The summed E-state index contributed by atoms with van der Waals surface area (Å²) in [7, 11) is 1.84. The third kappa shape index (κ3) is 7.49. The number of carbonyl (C=O) groups is 6. The number of hydrogen-bond donors (Lipinski definition) is 2. The zero-order valence-corrected chi connectivity index (χ0v) is 33.4. The molecule has 1 aromatic heterocycles. The number of primary amides is 1. The normalized spacial score (nSPS) is 22.9. The lowest BCUT2D eigenvalue weighted by Gasteiger charge is -2.38. The first kappa shape index (κ1) is 38.6. The Hall–Kier alpha value is -5.90. The average molecular weight is 803 g/mol. The smallest absolute Gasteiger partial charge is 0.320 e. The SMILES string of the molecule is CN1CCN([C@@H]2CCCN(c3cnc(C(N)=O)c(Cc4ccc5c(c4)CCN(CC4CCN(c6ccc7c(c6)C(=O)N(C6CCC(=O)NC6=O)C7=O)CC4)C5)n3)C2)C1=O. The van der Waals surface area contributed by atoms with Crippen LogP contribution in [0.15, 0.2) is 42.6 Å². The monoisotopic (exact) mass is 802 g/mol. The second-order valence-electron chi connectivity index (χ2n) is 16.9. The molecule has 59 heavy (non-hydrogen) atoms. The molecule has 6 aliphatic heterocycles. The Kier molecular flexibility index (Phi) is 10.3. The summed E-state index contributed by atoms with van der Waals surface area (Å²) in [6.07, 6.45) is 7.11. The van der Waals surface area contributed by atoms with Crippen LogP contribution >= 0.6 is 0 Å². The Morgan fingerprint density at radius 3 is 2.42 bits per heavy atom. The van der Waals surface area contributed by atoms with Crippen molar-refractivity contribution in [1.29, 1.82) is 0 Å². The van der Waals surface area contributed by atoms with Crippen LogP contribution in [0.1, 0.15) is 92.1 Å². The Bertz CT molecular complexity index is 2240. The van der Waals surface area contributed by atoms with Crippen LogP contribution in [0.2, 0.25) is 0 Å². The molecule has 0 saturated carbocycles. The summed E-state index contributed by atoms with van der Waals surface area (Å²) in [5.41, 5.74) is 11.7. The van der Waals surface area contributed by atoms with Crippen LogP contribution in [-0.4, -0.2) is 137 Å². The van der Waals surface area contributed by atoms with Gasteiger partial charge >= 0.3 is 6.03 Å². The van der Waals surface area contributed by atoms with Gasteiger partial charge in [-0.2, -0.15) is 0 Å². The highest BCUT2D eigenvalue weighted by Crippen LogP contribution is 2.33. The van der Waals surface area contributed by atoms with Crippen LogP contribution in [0.3, 0.4) is 0 Å². The van der Waals surface area contributed by atoms with Gasteiger partial charge in [-0.1, -0.05) is 18.2 Å². The quantitative estimate of drug-likeness (QED) is 0.302. The van der Waals surface area contributed by atoms with E-state index >= 15 is 0 Å². The van der Waals surface area contributed by atoms with Crippen LogP contribution in [-0.2, 0) is 29.0 Å². The van der Waals surface area contributed by atoms with Crippen molar-refractivity contribution in [2.24, 2.45) is 11.7 Å². The number of fused-ring (bicyclic) bond motifs is 2. The number of urea groups is 1. The molecule has 308 valence electrons. The van der Waals surface area contributed by atoms with Gasteiger partial charge in [0, 0.05) is 84.5 Å². The average Bonchev–Trinajstić information content (AvgIpc) is 3.70. The lowest BCUT2D eigenvalue weighted by Crippen LogP contribution is -2.54.